The summed E-state index contributed by atoms with van der Waals surface area (Å²) in [6.07, 6.45) is 0. The molecule has 7 heteroatoms. The van der Waals surface area contributed by atoms with Gasteiger partial charge in [0.05, 0.1) is 0 Å². The fourth-order valence-corrected chi connectivity index (χ4v) is 1.19. The highest BCUT2D eigenvalue weighted by Crippen LogP contribution is 1.88. The molecule has 0 bridgehead atoms. The Morgan fingerprint density at radius 1 is 1.33 bits per heavy atom. The van der Waals surface area contributed by atoms with Gasteiger partial charge in [0.1, 0.15) is 5.65 Å². The Labute approximate surface area is 69.9 Å². The Morgan fingerprint density at radius 3 is 2.83 bits per heavy atom. The molecule has 2 aromatic rings. The first-order valence-electron chi connectivity index (χ1n) is 3.11. The topological polar surface area (TPSA) is 85.9 Å². The summed E-state index contributed by atoms with van der Waals surface area (Å²) in [5, 5.41) is 5.12. The largest absolute Gasteiger partial charge is 0.336 e. The number of fused-ring (bicyclic) bond motifs is 1. The van der Waals surface area contributed by atoms with Crippen molar-refractivity contribution in [2.45, 2.75) is 0 Å². The van der Waals surface area contributed by atoms with Crippen molar-refractivity contribution in [2.75, 3.05) is 0 Å². The molecule has 6 nitrogen and oxygen atoms in total. The second-order valence-corrected chi connectivity index (χ2v) is 2.60. The summed E-state index contributed by atoms with van der Waals surface area (Å²) in [6, 6.07) is 1.24. The predicted octanol–water partition coefficient (Wildman–Crippen LogP) is -0.627. The van der Waals surface area contributed by atoms with Crippen LogP contribution in [0.4, 0.5) is 0 Å². The molecule has 62 valence electrons. The van der Waals surface area contributed by atoms with Gasteiger partial charge in [-0.15, -0.1) is 0 Å². The Morgan fingerprint density at radius 2 is 2.08 bits per heavy atom. The van der Waals surface area contributed by atoms with Gasteiger partial charge < -0.3 is 0 Å². The number of aromatic nitrogens is 4. The molecule has 2 rings (SSSR count). The van der Waals surface area contributed by atoms with Crippen LogP contribution in [0.2, 0.25) is 0 Å². The van der Waals surface area contributed by atoms with E-state index < -0.39 is 11.2 Å². The number of aromatic amines is 3. The van der Waals surface area contributed by atoms with E-state index in [0.29, 0.717) is 5.65 Å². The van der Waals surface area contributed by atoms with Crippen LogP contribution in [0.15, 0.2) is 15.7 Å². The van der Waals surface area contributed by atoms with Crippen LogP contribution in [0.5, 0.6) is 0 Å². The van der Waals surface area contributed by atoms with Crippen molar-refractivity contribution in [3.63, 3.8) is 0 Å². The molecule has 0 spiro atoms. The zero-order chi connectivity index (χ0) is 8.72. The molecule has 0 aromatic carbocycles. The average Bonchev–Trinajstić information content (AvgIpc) is 2.31. The number of hydrogen-bond acceptors (Lipinski definition) is 3. The summed E-state index contributed by atoms with van der Waals surface area (Å²) in [7, 11) is 0. The lowest BCUT2D eigenvalue weighted by Gasteiger charge is -1.86. The first-order chi connectivity index (χ1) is 5.68. The van der Waals surface area contributed by atoms with Crippen LogP contribution in [-0.2, 0) is 0 Å². The van der Waals surface area contributed by atoms with Gasteiger partial charge in [0.25, 0.3) is 5.56 Å². The molecule has 0 aliphatic heterocycles. The quantitative estimate of drug-likeness (QED) is 0.476. The fraction of sp³-hybridized carbons (Fsp3) is 0. The van der Waals surface area contributed by atoms with E-state index in [4.69, 9.17) is 12.2 Å². The van der Waals surface area contributed by atoms with Crippen molar-refractivity contribution in [1.29, 1.82) is 0 Å². The number of nitrogens with one attached hydrogen (secondary N) is 3. The fourth-order valence-electron chi connectivity index (χ4n) is 0.963. The minimum atomic E-state index is -0.542. The van der Waals surface area contributed by atoms with E-state index in [0.717, 1.165) is 4.40 Å². The normalized spacial score (nSPS) is 10.7. The molecule has 0 atom stereocenters. The average molecular weight is 184 g/mol. The van der Waals surface area contributed by atoms with Gasteiger partial charge >= 0.3 is 5.69 Å². The van der Waals surface area contributed by atoms with Crippen LogP contribution in [0, 0.1) is 4.77 Å². The summed E-state index contributed by atoms with van der Waals surface area (Å²) >= 11 is 4.77. The van der Waals surface area contributed by atoms with E-state index in [-0.39, 0.29) is 4.77 Å². The van der Waals surface area contributed by atoms with Crippen LogP contribution in [0.1, 0.15) is 0 Å². The van der Waals surface area contributed by atoms with Gasteiger partial charge in [-0.25, -0.2) is 9.20 Å². The standard InChI is InChI=1S/C5H4N4O2S/c10-3-1-2-7-8-5(12)9(2)4(11)6-3/h1,7H,(H,8,12)(H,6,10,11). The van der Waals surface area contributed by atoms with E-state index in [9.17, 15) is 9.59 Å². The highest BCUT2D eigenvalue weighted by Gasteiger charge is 1.99. The summed E-state index contributed by atoms with van der Waals surface area (Å²) in [5.74, 6) is 0. The van der Waals surface area contributed by atoms with E-state index in [2.05, 4.69) is 15.2 Å². The van der Waals surface area contributed by atoms with Crippen molar-refractivity contribution in [1.82, 2.24) is 19.6 Å². The van der Waals surface area contributed by atoms with Crippen LogP contribution in [-0.4, -0.2) is 19.6 Å². The predicted molar refractivity (Wildman–Crippen MR) is 43.8 cm³/mol. The molecule has 0 unspecified atom stereocenters. The van der Waals surface area contributed by atoms with Gasteiger partial charge in [0.15, 0.2) is 0 Å². The first kappa shape index (κ1) is 7.04. The maximum Gasteiger partial charge on any atom is 0.336 e. The molecule has 3 N–H and O–H groups in total. The van der Waals surface area contributed by atoms with E-state index in [1.165, 1.54) is 6.07 Å². The van der Waals surface area contributed by atoms with Crippen molar-refractivity contribution in [2.24, 2.45) is 0 Å². The van der Waals surface area contributed by atoms with Gasteiger partial charge in [0.2, 0.25) is 4.77 Å². The molecule has 0 aliphatic carbocycles. The molecule has 0 amide bonds. The summed E-state index contributed by atoms with van der Waals surface area (Å²) in [6.45, 7) is 0. The van der Waals surface area contributed by atoms with Crippen LogP contribution < -0.4 is 11.2 Å². The Balaban J connectivity index is 3.25. The van der Waals surface area contributed by atoms with Crippen LogP contribution in [0.25, 0.3) is 5.65 Å². The number of nitrogens with zero attached hydrogens (tertiary/aromatic N) is 1. The zero-order valence-corrected chi connectivity index (χ0v) is 6.57. The van der Waals surface area contributed by atoms with Crippen LogP contribution in [0.3, 0.4) is 0 Å². The third-order valence-electron chi connectivity index (χ3n) is 1.44. The molecule has 0 radical (unpaired) electrons. The Bertz CT molecular complexity index is 585. The lowest BCUT2D eigenvalue weighted by Crippen LogP contribution is -2.24. The van der Waals surface area contributed by atoms with Crippen molar-refractivity contribution in [3.8, 4) is 0 Å². The molecule has 12 heavy (non-hydrogen) atoms. The van der Waals surface area contributed by atoms with Crippen molar-refractivity contribution >= 4 is 17.9 Å². The maximum absolute atomic E-state index is 11.1. The maximum atomic E-state index is 11.1. The Kier molecular flexibility index (Phi) is 1.28. The smallest absolute Gasteiger partial charge is 0.283 e. The molecule has 0 aliphatic rings. The van der Waals surface area contributed by atoms with Gasteiger partial charge in [-0.2, -0.15) is 0 Å². The summed E-state index contributed by atoms with van der Waals surface area (Å²) in [5.41, 5.74) is -0.640. The number of H-pyrrole nitrogens is 3. The zero-order valence-electron chi connectivity index (χ0n) is 5.75. The minimum absolute atomic E-state index is 0.228. The lowest BCUT2D eigenvalue weighted by atomic mass is 10.6. The van der Waals surface area contributed by atoms with E-state index in [1.807, 2.05) is 0 Å². The van der Waals surface area contributed by atoms with Gasteiger partial charge in [-0.3, -0.25) is 20.0 Å². The van der Waals surface area contributed by atoms with Crippen molar-refractivity contribution < 1.29 is 0 Å². The molecule has 0 saturated heterocycles. The van der Waals surface area contributed by atoms with Gasteiger partial charge in [-0.1, -0.05) is 0 Å². The molecule has 0 saturated carbocycles. The number of rotatable bonds is 0. The molecule has 0 fully saturated rings. The van der Waals surface area contributed by atoms with Gasteiger partial charge in [-0.05, 0) is 12.2 Å². The highest BCUT2D eigenvalue weighted by atomic mass is 32.1. The number of hydrogen-bond donors (Lipinski definition) is 3. The second kappa shape index (κ2) is 2.18. The second-order valence-electron chi connectivity index (χ2n) is 2.21. The van der Waals surface area contributed by atoms with E-state index in [1.54, 1.807) is 0 Å². The highest BCUT2D eigenvalue weighted by molar-refractivity contribution is 7.71. The minimum Gasteiger partial charge on any atom is -0.283 e. The van der Waals surface area contributed by atoms with Crippen molar-refractivity contribution in [3.05, 3.63) is 31.7 Å². The summed E-state index contributed by atoms with van der Waals surface area (Å²) < 4.78 is 1.39. The third kappa shape index (κ3) is 0.832. The summed E-state index contributed by atoms with van der Waals surface area (Å²) in [4.78, 5) is 23.9. The SMILES string of the molecule is O=c1cc2[nH][nH]c(=S)n2c(=O)[nH]1. The first-order valence-corrected chi connectivity index (χ1v) is 3.52. The monoisotopic (exact) mass is 184 g/mol. The molecule has 2 heterocycles. The molecule has 2 aromatic heterocycles. The third-order valence-corrected chi connectivity index (χ3v) is 1.73. The van der Waals surface area contributed by atoms with E-state index >= 15 is 0 Å². The van der Waals surface area contributed by atoms with Crippen LogP contribution >= 0.6 is 12.2 Å². The molecular formula is C5H4N4O2S. The molecular weight excluding hydrogens is 180 g/mol. The lowest BCUT2D eigenvalue weighted by molar-refractivity contribution is 0.958. The van der Waals surface area contributed by atoms with Gasteiger partial charge in [0, 0.05) is 6.07 Å². The Hall–Kier alpha value is -1.63.